The molecule has 2 aromatic carbocycles. The van der Waals surface area contributed by atoms with Crippen LogP contribution in [-0.4, -0.2) is 35.0 Å². The molecule has 150 valence electrons. The number of carboxylic acid groups (broad SMARTS) is 1. The number of rotatable bonds is 6. The highest BCUT2D eigenvalue weighted by molar-refractivity contribution is 8.27. The molecule has 1 saturated heterocycles. The van der Waals surface area contributed by atoms with Gasteiger partial charge in [-0.25, -0.2) is 4.79 Å². The SMILES string of the molecule is COc1cc(/C=C2/SC(=S)N(c3cccc(C)c3C)C2=O)ccc1OCC(=O)O. The van der Waals surface area contributed by atoms with Crippen molar-refractivity contribution in [2.45, 2.75) is 13.8 Å². The van der Waals surface area contributed by atoms with Gasteiger partial charge >= 0.3 is 5.97 Å². The maximum Gasteiger partial charge on any atom is 0.341 e. The zero-order chi connectivity index (χ0) is 21.1. The summed E-state index contributed by atoms with van der Waals surface area (Å²) in [7, 11) is 1.47. The number of benzene rings is 2. The number of methoxy groups -OCH3 is 1. The average molecular weight is 430 g/mol. The zero-order valence-electron chi connectivity index (χ0n) is 16.1. The summed E-state index contributed by atoms with van der Waals surface area (Å²) in [5, 5.41) is 8.76. The van der Waals surface area contributed by atoms with Crippen LogP contribution in [0.3, 0.4) is 0 Å². The van der Waals surface area contributed by atoms with Crippen LogP contribution in [-0.2, 0) is 9.59 Å². The Kier molecular flexibility index (Phi) is 6.24. The Morgan fingerprint density at radius 1 is 1.24 bits per heavy atom. The molecule has 1 amide bonds. The van der Waals surface area contributed by atoms with Crippen LogP contribution in [0.5, 0.6) is 11.5 Å². The molecule has 3 rings (SSSR count). The normalized spacial score (nSPS) is 15.1. The number of nitrogens with zero attached hydrogens (tertiary/aromatic N) is 1. The fourth-order valence-corrected chi connectivity index (χ4v) is 4.12. The zero-order valence-corrected chi connectivity index (χ0v) is 17.7. The van der Waals surface area contributed by atoms with E-state index < -0.39 is 12.6 Å². The maximum absolute atomic E-state index is 13.0. The van der Waals surface area contributed by atoms with Crippen molar-refractivity contribution in [1.29, 1.82) is 0 Å². The van der Waals surface area contributed by atoms with E-state index in [1.54, 1.807) is 29.2 Å². The van der Waals surface area contributed by atoms with Gasteiger partial charge in [-0.15, -0.1) is 0 Å². The van der Waals surface area contributed by atoms with Gasteiger partial charge in [-0.1, -0.05) is 42.2 Å². The van der Waals surface area contributed by atoms with E-state index in [0.717, 1.165) is 16.8 Å². The number of hydrogen-bond acceptors (Lipinski definition) is 6. The quantitative estimate of drug-likeness (QED) is 0.545. The van der Waals surface area contributed by atoms with E-state index in [4.69, 9.17) is 26.8 Å². The monoisotopic (exact) mass is 429 g/mol. The number of aryl methyl sites for hydroxylation is 1. The van der Waals surface area contributed by atoms with Gasteiger partial charge in [0.1, 0.15) is 0 Å². The van der Waals surface area contributed by atoms with Gasteiger partial charge in [0, 0.05) is 0 Å². The standard InChI is InChI=1S/C21H19NO5S2/c1-12-5-4-6-15(13(12)2)22-20(25)18(29-21(22)28)10-14-7-8-16(17(9-14)26-3)27-11-19(23)24/h4-10H,11H2,1-3H3,(H,23,24)/b18-10+. The first-order valence-electron chi connectivity index (χ1n) is 8.68. The second-order valence-electron chi connectivity index (χ2n) is 6.33. The van der Waals surface area contributed by atoms with E-state index in [0.29, 0.717) is 26.3 Å². The summed E-state index contributed by atoms with van der Waals surface area (Å²) in [5.74, 6) is -0.565. The number of carbonyl (C=O) groups is 2. The molecule has 6 nitrogen and oxygen atoms in total. The second-order valence-corrected chi connectivity index (χ2v) is 8.00. The Morgan fingerprint density at radius 2 is 2.00 bits per heavy atom. The molecule has 1 heterocycles. The summed E-state index contributed by atoms with van der Waals surface area (Å²) >= 11 is 6.69. The van der Waals surface area contributed by atoms with Gasteiger partial charge in [-0.2, -0.15) is 0 Å². The highest BCUT2D eigenvalue weighted by Crippen LogP contribution is 2.38. The third kappa shape index (κ3) is 4.44. The van der Waals surface area contributed by atoms with Gasteiger partial charge in [0.2, 0.25) is 0 Å². The average Bonchev–Trinajstić information content (AvgIpc) is 2.96. The lowest BCUT2D eigenvalue weighted by Gasteiger charge is -2.18. The van der Waals surface area contributed by atoms with Crippen LogP contribution >= 0.6 is 24.0 Å². The van der Waals surface area contributed by atoms with Gasteiger partial charge in [-0.3, -0.25) is 9.69 Å². The first-order valence-corrected chi connectivity index (χ1v) is 9.91. The Labute approximate surface area is 178 Å². The van der Waals surface area contributed by atoms with E-state index in [9.17, 15) is 9.59 Å². The van der Waals surface area contributed by atoms with Gasteiger partial charge in [-0.05, 0) is 54.8 Å². The molecule has 1 aliphatic rings. The molecule has 0 aromatic heterocycles. The van der Waals surface area contributed by atoms with Crippen LogP contribution in [0.4, 0.5) is 5.69 Å². The van der Waals surface area contributed by atoms with Crippen LogP contribution in [0.1, 0.15) is 16.7 Å². The maximum atomic E-state index is 13.0. The topological polar surface area (TPSA) is 76.1 Å². The first kappa shape index (κ1) is 20.9. The molecular formula is C21H19NO5S2. The number of carbonyl (C=O) groups excluding carboxylic acids is 1. The number of hydrogen-bond donors (Lipinski definition) is 1. The van der Waals surface area contributed by atoms with Gasteiger partial charge in [0.25, 0.3) is 5.91 Å². The second kappa shape index (κ2) is 8.67. The molecule has 1 aliphatic heterocycles. The predicted molar refractivity (Wildman–Crippen MR) is 118 cm³/mol. The smallest absolute Gasteiger partial charge is 0.341 e. The third-order valence-corrected chi connectivity index (χ3v) is 5.75. The minimum absolute atomic E-state index is 0.182. The van der Waals surface area contributed by atoms with Crippen molar-refractivity contribution in [2.75, 3.05) is 18.6 Å². The predicted octanol–water partition coefficient (Wildman–Crippen LogP) is 4.18. The highest BCUT2D eigenvalue weighted by atomic mass is 32.2. The summed E-state index contributed by atoms with van der Waals surface area (Å²) in [6, 6.07) is 10.8. The van der Waals surface area contributed by atoms with Crippen LogP contribution in [0.15, 0.2) is 41.3 Å². The number of anilines is 1. The number of carboxylic acids is 1. The number of amides is 1. The van der Waals surface area contributed by atoms with E-state index in [2.05, 4.69) is 0 Å². The van der Waals surface area contributed by atoms with Gasteiger partial charge in [0.15, 0.2) is 22.4 Å². The van der Waals surface area contributed by atoms with Crippen molar-refractivity contribution in [1.82, 2.24) is 0 Å². The van der Waals surface area contributed by atoms with Crippen molar-refractivity contribution in [2.24, 2.45) is 0 Å². The van der Waals surface area contributed by atoms with E-state index >= 15 is 0 Å². The van der Waals surface area contributed by atoms with Crippen molar-refractivity contribution in [3.8, 4) is 11.5 Å². The minimum atomic E-state index is -1.08. The molecule has 0 atom stereocenters. The fraction of sp³-hybridized carbons (Fsp3) is 0.190. The lowest BCUT2D eigenvalue weighted by Crippen LogP contribution is -2.28. The van der Waals surface area contributed by atoms with Crippen molar-refractivity contribution in [3.05, 3.63) is 58.0 Å². The molecule has 0 unspecified atom stereocenters. The van der Waals surface area contributed by atoms with Crippen LogP contribution in [0.25, 0.3) is 6.08 Å². The van der Waals surface area contributed by atoms with E-state index in [-0.39, 0.29) is 5.91 Å². The summed E-state index contributed by atoms with van der Waals surface area (Å²) in [5.41, 5.74) is 3.59. The highest BCUT2D eigenvalue weighted by Gasteiger charge is 2.34. The van der Waals surface area contributed by atoms with Crippen molar-refractivity contribution < 1.29 is 24.2 Å². The summed E-state index contributed by atoms with van der Waals surface area (Å²) < 4.78 is 11.0. The molecule has 0 bridgehead atoms. The van der Waals surface area contributed by atoms with E-state index in [1.165, 1.54) is 18.9 Å². The lowest BCUT2D eigenvalue weighted by molar-refractivity contribution is -0.139. The minimum Gasteiger partial charge on any atom is -0.493 e. The summed E-state index contributed by atoms with van der Waals surface area (Å²) in [6.45, 7) is 3.49. The Balaban J connectivity index is 1.89. The van der Waals surface area contributed by atoms with Crippen LogP contribution < -0.4 is 14.4 Å². The molecule has 0 saturated carbocycles. The largest absolute Gasteiger partial charge is 0.493 e. The molecule has 29 heavy (non-hydrogen) atoms. The number of aliphatic carboxylic acids is 1. The molecule has 0 aliphatic carbocycles. The van der Waals surface area contributed by atoms with Crippen LogP contribution in [0, 0.1) is 13.8 Å². The van der Waals surface area contributed by atoms with E-state index in [1.807, 2.05) is 32.0 Å². The molecule has 0 radical (unpaired) electrons. The Morgan fingerprint density at radius 3 is 2.69 bits per heavy atom. The Hall–Kier alpha value is -2.84. The fourth-order valence-electron chi connectivity index (χ4n) is 2.84. The number of ether oxygens (including phenoxy) is 2. The molecule has 0 spiro atoms. The number of thioether (sulfide) groups is 1. The molecule has 1 fully saturated rings. The van der Waals surface area contributed by atoms with Crippen LogP contribution in [0.2, 0.25) is 0 Å². The van der Waals surface area contributed by atoms with Crippen molar-refractivity contribution in [3.63, 3.8) is 0 Å². The molecule has 2 aromatic rings. The van der Waals surface area contributed by atoms with Gasteiger partial charge in [0.05, 0.1) is 17.7 Å². The molecular weight excluding hydrogens is 410 g/mol. The lowest BCUT2D eigenvalue weighted by atomic mass is 10.1. The van der Waals surface area contributed by atoms with Gasteiger partial charge < -0.3 is 14.6 Å². The molecule has 1 N–H and O–H groups in total. The van der Waals surface area contributed by atoms with Crippen molar-refractivity contribution >= 4 is 51.9 Å². The number of thiocarbonyl (C=S) groups is 1. The molecule has 8 heteroatoms. The summed E-state index contributed by atoms with van der Waals surface area (Å²) in [4.78, 5) is 25.8. The third-order valence-electron chi connectivity index (χ3n) is 4.45. The summed E-state index contributed by atoms with van der Waals surface area (Å²) in [6.07, 6.45) is 1.73. The Bertz CT molecular complexity index is 1030. The first-order chi connectivity index (χ1) is 13.8.